The third-order valence-corrected chi connectivity index (χ3v) is 6.36. The average molecular weight is 493 g/mol. The zero-order chi connectivity index (χ0) is 23.8. The number of hydrogen-bond acceptors (Lipinski definition) is 3. The summed E-state index contributed by atoms with van der Waals surface area (Å²) in [6.07, 6.45) is 2.48. The van der Waals surface area contributed by atoms with E-state index in [1.807, 2.05) is 18.2 Å². The van der Waals surface area contributed by atoms with E-state index in [9.17, 15) is 18.4 Å². The summed E-state index contributed by atoms with van der Waals surface area (Å²) in [7, 11) is 0. The van der Waals surface area contributed by atoms with Gasteiger partial charge in [-0.25, -0.2) is 18.4 Å². The fourth-order valence-corrected chi connectivity index (χ4v) is 4.46. The number of benzene rings is 2. The lowest BCUT2D eigenvalue weighted by Gasteiger charge is -2.23. The molecule has 2 aromatic carbocycles. The van der Waals surface area contributed by atoms with Crippen LogP contribution in [0, 0.1) is 11.6 Å². The predicted octanol–water partition coefficient (Wildman–Crippen LogP) is 6.48. The molecule has 0 aliphatic heterocycles. The monoisotopic (exact) mass is 492 g/mol. The number of hydrogen-bond donors (Lipinski definition) is 2. The third-order valence-electron chi connectivity index (χ3n) is 4.99. The van der Waals surface area contributed by atoms with Gasteiger partial charge >= 0.3 is 12.0 Å². The molecule has 0 aliphatic carbocycles. The molecular formula is C24H23ClF2N2O3S. The standard InChI is InChI=1S/C24H23ClF2N2O3S/c25-17-7-1-5-16(15-17)6-3-13-29(14-4-8-18-11-12-21(33-18)23(30)31)24(32)28-22-19(26)9-2-10-20(22)27/h1-2,5,7,9-12,15H,3-4,6,8,13-14H2,(H,28,32)(H,30,31). The van der Waals surface area contributed by atoms with Crippen LogP contribution in [0.15, 0.2) is 54.6 Å². The van der Waals surface area contributed by atoms with Crippen molar-refractivity contribution in [3.8, 4) is 0 Å². The smallest absolute Gasteiger partial charge is 0.345 e. The van der Waals surface area contributed by atoms with Crippen LogP contribution < -0.4 is 5.32 Å². The highest BCUT2D eigenvalue weighted by atomic mass is 35.5. The summed E-state index contributed by atoms with van der Waals surface area (Å²) < 4.78 is 28.0. The van der Waals surface area contributed by atoms with Crippen LogP contribution in [0.2, 0.25) is 5.02 Å². The van der Waals surface area contributed by atoms with Gasteiger partial charge in [-0.05, 0) is 67.6 Å². The summed E-state index contributed by atoms with van der Waals surface area (Å²) in [5.74, 6) is -2.66. The van der Waals surface area contributed by atoms with E-state index in [-0.39, 0.29) is 4.88 Å². The van der Waals surface area contributed by atoms with Crippen molar-refractivity contribution in [2.45, 2.75) is 25.7 Å². The van der Waals surface area contributed by atoms with E-state index in [1.54, 1.807) is 18.2 Å². The predicted molar refractivity (Wildman–Crippen MR) is 126 cm³/mol. The van der Waals surface area contributed by atoms with Crippen LogP contribution in [0.4, 0.5) is 19.3 Å². The molecule has 0 saturated heterocycles. The molecule has 0 saturated carbocycles. The first-order valence-corrected chi connectivity index (χ1v) is 11.6. The summed E-state index contributed by atoms with van der Waals surface area (Å²) >= 11 is 7.22. The first-order valence-electron chi connectivity index (χ1n) is 10.4. The Balaban J connectivity index is 1.63. The minimum Gasteiger partial charge on any atom is -0.477 e. The van der Waals surface area contributed by atoms with Gasteiger partial charge in [-0.1, -0.05) is 29.8 Å². The molecular weight excluding hydrogens is 470 g/mol. The number of carbonyl (C=O) groups is 2. The van der Waals surface area contributed by atoms with E-state index in [0.29, 0.717) is 43.8 Å². The first kappa shape index (κ1) is 24.7. The number of carboxylic acid groups (broad SMARTS) is 1. The first-order chi connectivity index (χ1) is 15.8. The van der Waals surface area contributed by atoms with E-state index >= 15 is 0 Å². The number of aryl methyl sites for hydroxylation is 2. The lowest BCUT2D eigenvalue weighted by Crippen LogP contribution is -2.37. The normalized spacial score (nSPS) is 10.8. The Morgan fingerprint density at radius 3 is 2.27 bits per heavy atom. The van der Waals surface area contributed by atoms with E-state index in [0.717, 1.165) is 22.6 Å². The number of para-hydroxylation sites is 1. The van der Waals surface area contributed by atoms with Crippen molar-refractivity contribution in [2.24, 2.45) is 0 Å². The zero-order valence-electron chi connectivity index (χ0n) is 17.7. The second-order valence-corrected chi connectivity index (χ2v) is 9.03. The van der Waals surface area contributed by atoms with Crippen molar-refractivity contribution in [3.63, 3.8) is 0 Å². The van der Waals surface area contributed by atoms with E-state index in [2.05, 4.69) is 5.32 Å². The van der Waals surface area contributed by atoms with Crippen LogP contribution in [0.5, 0.6) is 0 Å². The van der Waals surface area contributed by atoms with Crippen molar-refractivity contribution in [1.82, 2.24) is 4.90 Å². The molecule has 3 aromatic rings. The fourth-order valence-electron chi connectivity index (χ4n) is 3.36. The molecule has 1 heterocycles. The van der Waals surface area contributed by atoms with Crippen LogP contribution in [-0.2, 0) is 12.8 Å². The summed E-state index contributed by atoms with van der Waals surface area (Å²) in [6.45, 7) is 0.719. The SMILES string of the molecule is O=C(O)c1ccc(CCCN(CCCc2cccc(Cl)c2)C(=O)Nc2c(F)cccc2F)s1. The summed E-state index contributed by atoms with van der Waals surface area (Å²) in [5, 5.41) is 12.0. The molecule has 0 aliphatic rings. The van der Waals surface area contributed by atoms with Crippen LogP contribution in [0.3, 0.4) is 0 Å². The van der Waals surface area contributed by atoms with Gasteiger partial charge in [0.05, 0.1) is 0 Å². The molecule has 2 amide bonds. The minimum atomic E-state index is -0.972. The van der Waals surface area contributed by atoms with Crippen molar-refractivity contribution in [3.05, 3.63) is 86.6 Å². The fraction of sp³-hybridized carbons (Fsp3) is 0.250. The van der Waals surface area contributed by atoms with Crippen LogP contribution in [0.1, 0.15) is 33.0 Å². The third kappa shape index (κ3) is 7.27. The summed E-state index contributed by atoms with van der Waals surface area (Å²) in [4.78, 5) is 26.6. The van der Waals surface area contributed by atoms with Crippen molar-refractivity contribution in [1.29, 1.82) is 0 Å². The molecule has 1 aromatic heterocycles. The Morgan fingerprint density at radius 1 is 0.970 bits per heavy atom. The topological polar surface area (TPSA) is 69.6 Å². The lowest BCUT2D eigenvalue weighted by atomic mass is 10.1. The Morgan fingerprint density at radius 2 is 1.64 bits per heavy atom. The number of nitrogens with one attached hydrogen (secondary N) is 1. The number of rotatable bonds is 10. The summed E-state index contributed by atoms with van der Waals surface area (Å²) in [6, 6.07) is 13.6. The summed E-state index contributed by atoms with van der Waals surface area (Å²) in [5.41, 5.74) is 0.550. The Labute approximate surface area is 199 Å². The van der Waals surface area contributed by atoms with Crippen molar-refractivity contribution < 1.29 is 23.5 Å². The largest absolute Gasteiger partial charge is 0.477 e. The number of thiophene rings is 1. The van der Waals surface area contributed by atoms with Crippen LogP contribution in [0.25, 0.3) is 0 Å². The quantitative estimate of drug-likeness (QED) is 0.340. The Kier molecular flexibility index (Phi) is 8.79. The maximum atomic E-state index is 14.0. The van der Waals surface area contributed by atoms with Gasteiger partial charge in [0, 0.05) is 23.0 Å². The molecule has 0 unspecified atom stereocenters. The molecule has 0 bridgehead atoms. The number of halogens is 3. The number of urea groups is 1. The average Bonchev–Trinajstić information content (AvgIpc) is 3.25. The van der Waals surface area contributed by atoms with Gasteiger partial charge < -0.3 is 15.3 Å². The van der Waals surface area contributed by atoms with E-state index < -0.39 is 29.3 Å². The van der Waals surface area contributed by atoms with Crippen molar-refractivity contribution >= 4 is 40.6 Å². The van der Waals surface area contributed by atoms with Crippen LogP contribution >= 0.6 is 22.9 Å². The second-order valence-electron chi connectivity index (χ2n) is 7.42. The maximum absolute atomic E-state index is 14.0. The minimum absolute atomic E-state index is 0.260. The molecule has 0 radical (unpaired) electrons. The van der Waals surface area contributed by atoms with Gasteiger partial charge in [-0.3, -0.25) is 0 Å². The Bertz CT molecular complexity index is 1100. The van der Waals surface area contributed by atoms with Crippen molar-refractivity contribution in [2.75, 3.05) is 18.4 Å². The molecule has 9 heteroatoms. The van der Waals surface area contributed by atoms with Gasteiger partial charge in [0.25, 0.3) is 0 Å². The molecule has 0 atom stereocenters. The highest BCUT2D eigenvalue weighted by molar-refractivity contribution is 7.13. The molecule has 0 spiro atoms. The molecule has 2 N–H and O–H groups in total. The second kappa shape index (κ2) is 11.8. The van der Waals surface area contributed by atoms with Gasteiger partial charge in [0.15, 0.2) is 0 Å². The van der Waals surface area contributed by atoms with E-state index in [1.165, 1.54) is 22.3 Å². The molecule has 33 heavy (non-hydrogen) atoms. The molecule has 3 rings (SSSR count). The molecule has 0 fully saturated rings. The number of carbonyl (C=O) groups excluding carboxylic acids is 1. The number of carboxylic acids is 1. The zero-order valence-corrected chi connectivity index (χ0v) is 19.3. The van der Waals surface area contributed by atoms with Gasteiger partial charge in [0.1, 0.15) is 22.2 Å². The van der Waals surface area contributed by atoms with Gasteiger partial charge in [0.2, 0.25) is 0 Å². The van der Waals surface area contributed by atoms with Crippen LogP contribution in [-0.4, -0.2) is 35.1 Å². The lowest BCUT2D eigenvalue weighted by molar-refractivity contribution is 0.0702. The van der Waals surface area contributed by atoms with Gasteiger partial charge in [-0.15, -0.1) is 11.3 Å². The van der Waals surface area contributed by atoms with E-state index in [4.69, 9.17) is 16.7 Å². The number of anilines is 1. The highest BCUT2D eigenvalue weighted by Crippen LogP contribution is 2.20. The van der Waals surface area contributed by atoms with Gasteiger partial charge in [-0.2, -0.15) is 0 Å². The Hall–Kier alpha value is -2.97. The number of nitrogens with zero attached hydrogens (tertiary/aromatic N) is 1. The number of aromatic carboxylic acids is 1. The highest BCUT2D eigenvalue weighted by Gasteiger charge is 2.18. The molecule has 174 valence electrons. The molecule has 5 nitrogen and oxygen atoms in total. The number of amides is 2. The maximum Gasteiger partial charge on any atom is 0.345 e.